The van der Waals surface area contributed by atoms with Gasteiger partial charge in [0, 0.05) is 13.1 Å². The molecule has 0 aliphatic rings. The summed E-state index contributed by atoms with van der Waals surface area (Å²) in [7, 11) is 0. The van der Waals surface area contributed by atoms with E-state index in [0.717, 1.165) is 12.1 Å². The molecule has 0 saturated heterocycles. The van der Waals surface area contributed by atoms with Crippen molar-refractivity contribution in [2.45, 2.75) is 26.1 Å². The summed E-state index contributed by atoms with van der Waals surface area (Å²) in [4.78, 5) is 12.2. The van der Waals surface area contributed by atoms with Crippen LogP contribution in [0.2, 0.25) is 0 Å². The monoisotopic (exact) mass is 293 g/mol. The quantitative estimate of drug-likeness (QED) is 0.819. The van der Waals surface area contributed by atoms with Crippen molar-refractivity contribution in [1.29, 1.82) is 0 Å². The molecule has 20 heavy (non-hydrogen) atoms. The number of carboxylic acids is 1. The number of carbonyl (C=O) groups is 1. The van der Waals surface area contributed by atoms with Crippen molar-refractivity contribution < 1.29 is 27.5 Å². The number of halogens is 4. The van der Waals surface area contributed by atoms with E-state index < -0.39 is 23.5 Å². The van der Waals surface area contributed by atoms with Gasteiger partial charge < -0.3 is 5.11 Å². The molecule has 0 bridgehead atoms. The molecule has 0 aliphatic carbocycles. The van der Waals surface area contributed by atoms with Crippen LogP contribution in [0.3, 0.4) is 0 Å². The van der Waals surface area contributed by atoms with Gasteiger partial charge >= 0.3 is 12.1 Å². The summed E-state index contributed by atoms with van der Waals surface area (Å²) in [5.74, 6) is -2.28. The summed E-state index contributed by atoms with van der Waals surface area (Å²) in [5, 5.41) is 8.59. The molecule has 0 radical (unpaired) electrons. The Morgan fingerprint density at radius 3 is 2.50 bits per heavy atom. The van der Waals surface area contributed by atoms with Crippen molar-refractivity contribution >= 4 is 5.97 Å². The second kappa shape index (κ2) is 6.69. The van der Waals surface area contributed by atoms with E-state index in [2.05, 4.69) is 0 Å². The minimum absolute atomic E-state index is 0.0961. The van der Waals surface area contributed by atoms with Crippen molar-refractivity contribution in [2.75, 3.05) is 13.1 Å². The van der Waals surface area contributed by atoms with Crippen molar-refractivity contribution in [3.05, 3.63) is 35.1 Å². The smallest absolute Gasteiger partial charge is 0.419 e. The first-order valence-electron chi connectivity index (χ1n) is 6.03. The number of benzene rings is 1. The van der Waals surface area contributed by atoms with Gasteiger partial charge in [0.25, 0.3) is 0 Å². The van der Waals surface area contributed by atoms with Crippen LogP contribution in [0, 0.1) is 5.82 Å². The maximum Gasteiger partial charge on any atom is 0.419 e. The van der Waals surface area contributed by atoms with Crippen LogP contribution in [-0.4, -0.2) is 29.1 Å². The van der Waals surface area contributed by atoms with Gasteiger partial charge in [0.05, 0.1) is 12.0 Å². The molecule has 0 atom stereocenters. The molecular formula is C13H15F4NO2. The van der Waals surface area contributed by atoms with Gasteiger partial charge in [0.2, 0.25) is 0 Å². The van der Waals surface area contributed by atoms with E-state index in [0.29, 0.717) is 12.1 Å². The van der Waals surface area contributed by atoms with Crippen LogP contribution in [0.15, 0.2) is 18.2 Å². The second-order valence-corrected chi connectivity index (χ2v) is 4.32. The molecule has 1 aromatic carbocycles. The first-order chi connectivity index (χ1) is 9.24. The normalized spacial score (nSPS) is 11.9. The Bertz CT molecular complexity index is 474. The predicted molar refractivity (Wildman–Crippen MR) is 64.6 cm³/mol. The zero-order chi connectivity index (χ0) is 15.3. The third kappa shape index (κ3) is 4.80. The van der Waals surface area contributed by atoms with Crippen LogP contribution in [0.5, 0.6) is 0 Å². The largest absolute Gasteiger partial charge is 0.481 e. The van der Waals surface area contributed by atoms with Crippen molar-refractivity contribution in [3.8, 4) is 0 Å². The highest BCUT2D eigenvalue weighted by Crippen LogP contribution is 2.32. The second-order valence-electron chi connectivity index (χ2n) is 4.32. The van der Waals surface area contributed by atoms with E-state index >= 15 is 0 Å². The lowest BCUT2D eigenvalue weighted by Gasteiger charge is -2.20. The molecule has 1 rings (SSSR count). The van der Waals surface area contributed by atoms with E-state index in [9.17, 15) is 22.4 Å². The van der Waals surface area contributed by atoms with Crippen LogP contribution < -0.4 is 0 Å². The first kappa shape index (κ1) is 16.4. The van der Waals surface area contributed by atoms with Gasteiger partial charge in [-0.3, -0.25) is 9.69 Å². The molecule has 1 aromatic rings. The van der Waals surface area contributed by atoms with E-state index in [1.54, 1.807) is 11.8 Å². The third-order valence-corrected chi connectivity index (χ3v) is 2.83. The van der Waals surface area contributed by atoms with Gasteiger partial charge in [-0.25, -0.2) is 4.39 Å². The Labute approximate surface area is 113 Å². The summed E-state index contributed by atoms with van der Waals surface area (Å²) in [6.45, 7) is 2.64. The van der Waals surface area contributed by atoms with Crippen molar-refractivity contribution in [1.82, 2.24) is 4.90 Å². The lowest BCUT2D eigenvalue weighted by Crippen LogP contribution is -2.26. The molecule has 0 aliphatic heterocycles. The number of carboxylic acid groups (broad SMARTS) is 1. The summed E-state index contributed by atoms with van der Waals surface area (Å²) in [6, 6.07) is 2.82. The zero-order valence-electron chi connectivity index (χ0n) is 10.9. The summed E-state index contributed by atoms with van der Waals surface area (Å²) in [5.41, 5.74) is -1.00. The highest BCUT2D eigenvalue weighted by atomic mass is 19.4. The fourth-order valence-electron chi connectivity index (χ4n) is 1.75. The fourth-order valence-corrected chi connectivity index (χ4v) is 1.75. The zero-order valence-corrected chi connectivity index (χ0v) is 10.9. The van der Waals surface area contributed by atoms with Gasteiger partial charge in [-0.15, -0.1) is 0 Å². The molecule has 0 heterocycles. The number of hydrogen-bond acceptors (Lipinski definition) is 2. The predicted octanol–water partition coefficient (Wildman–Crippen LogP) is 3.14. The highest BCUT2D eigenvalue weighted by Gasteiger charge is 2.34. The molecule has 3 nitrogen and oxygen atoms in total. The van der Waals surface area contributed by atoms with Gasteiger partial charge in [-0.2, -0.15) is 13.2 Å². The average Bonchev–Trinajstić information content (AvgIpc) is 2.34. The first-order valence-corrected chi connectivity index (χ1v) is 6.03. The average molecular weight is 293 g/mol. The Balaban J connectivity index is 2.84. The molecule has 0 spiro atoms. The van der Waals surface area contributed by atoms with Crippen LogP contribution in [-0.2, 0) is 17.5 Å². The maximum atomic E-state index is 13.1. The molecule has 0 amide bonds. The molecule has 7 heteroatoms. The Morgan fingerprint density at radius 1 is 1.35 bits per heavy atom. The lowest BCUT2D eigenvalue weighted by atomic mass is 10.1. The molecule has 112 valence electrons. The van der Waals surface area contributed by atoms with Gasteiger partial charge in [-0.05, 0) is 24.2 Å². The summed E-state index contributed by atoms with van der Waals surface area (Å²) >= 11 is 0. The Hall–Kier alpha value is -1.63. The van der Waals surface area contributed by atoms with Crippen molar-refractivity contribution in [2.24, 2.45) is 0 Å². The van der Waals surface area contributed by atoms with E-state index in [-0.39, 0.29) is 19.5 Å². The van der Waals surface area contributed by atoms with Crippen LogP contribution in [0.25, 0.3) is 0 Å². The minimum atomic E-state index is -4.74. The van der Waals surface area contributed by atoms with Crippen LogP contribution >= 0.6 is 0 Å². The standard InChI is InChI=1S/C13H15F4NO2/c1-2-18(6-5-12(19)20)8-9-3-4-11(14)10(7-9)13(15,16)17/h3-4,7H,2,5-6,8H2,1H3,(H,19,20). The topological polar surface area (TPSA) is 40.5 Å². The minimum Gasteiger partial charge on any atom is -0.481 e. The molecular weight excluding hydrogens is 278 g/mol. The molecule has 0 unspecified atom stereocenters. The Morgan fingerprint density at radius 2 is 2.00 bits per heavy atom. The van der Waals surface area contributed by atoms with Gasteiger partial charge in [0.1, 0.15) is 5.82 Å². The number of aliphatic carboxylic acids is 1. The molecule has 0 saturated carbocycles. The third-order valence-electron chi connectivity index (χ3n) is 2.83. The Kier molecular flexibility index (Phi) is 5.50. The highest BCUT2D eigenvalue weighted by molar-refractivity contribution is 5.66. The fraction of sp³-hybridized carbons (Fsp3) is 0.462. The molecule has 0 fully saturated rings. The maximum absolute atomic E-state index is 13.1. The van der Waals surface area contributed by atoms with Crippen LogP contribution in [0.4, 0.5) is 17.6 Å². The van der Waals surface area contributed by atoms with Gasteiger partial charge in [0.15, 0.2) is 0 Å². The SMILES string of the molecule is CCN(CCC(=O)O)Cc1ccc(F)c(C(F)(F)F)c1. The van der Waals surface area contributed by atoms with Crippen molar-refractivity contribution in [3.63, 3.8) is 0 Å². The van der Waals surface area contributed by atoms with E-state index in [1.165, 1.54) is 6.07 Å². The summed E-state index contributed by atoms with van der Waals surface area (Å²) < 4.78 is 50.8. The molecule has 1 N–H and O–H groups in total. The van der Waals surface area contributed by atoms with Gasteiger partial charge in [-0.1, -0.05) is 13.0 Å². The van der Waals surface area contributed by atoms with Crippen LogP contribution in [0.1, 0.15) is 24.5 Å². The number of alkyl halides is 3. The van der Waals surface area contributed by atoms with E-state index in [4.69, 9.17) is 5.11 Å². The van der Waals surface area contributed by atoms with E-state index in [1.807, 2.05) is 0 Å². The summed E-state index contributed by atoms with van der Waals surface area (Å²) in [6.07, 6.45) is -4.83. The number of rotatable bonds is 6. The molecule has 0 aromatic heterocycles. The number of nitrogens with zero attached hydrogens (tertiary/aromatic N) is 1. The number of hydrogen-bond donors (Lipinski definition) is 1. The lowest BCUT2D eigenvalue weighted by molar-refractivity contribution is -0.140.